The number of nitrogens with one attached hydrogen (secondary N) is 1. The number of rotatable bonds is 7. The molecule has 1 atom stereocenters. The van der Waals surface area contributed by atoms with E-state index in [0.717, 1.165) is 30.9 Å². The molecule has 17 heavy (non-hydrogen) atoms. The summed E-state index contributed by atoms with van der Waals surface area (Å²) in [6.45, 7) is 3.13. The first-order valence-electron chi connectivity index (χ1n) is 6.63. The summed E-state index contributed by atoms with van der Waals surface area (Å²) in [6, 6.07) is 1.87. The highest BCUT2D eigenvalue weighted by atomic mass is 19.1. The molecular weight excluding hydrogens is 215 g/mol. The van der Waals surface area contributed by atoms with E-state index in [1.165, 1.54) is 25.5 Å². The van der Waals surface area contributed by atoms with Crippen molar-refractivity contribution in [2.24, 2.45) is 5.92 Å². The number of nitrogens with zero attached hydrogens (tertiary/aromatic N) is 1. The van der Waals surface area contributed by atoms with E-state index in [4.69, 9.17) is 0 Å². The van der Waals surface area contributed by atoms with Gasteiger partial charge in [0, 0.05) is 12.2 Å². The highest BCUT2D eigenvalue weighted by Crippen LogP contribution is 2.35. The predicted octanol–water partition coefficient (Wildman–Crippen LogP) is 3.45. The summed E-state index contributed by atoms with van der Waals surface area (Å²) in [5.41, 5.74) is 0.985. The molecule has 1 saturated carbocycles. The lowest BCUT2D eigenvalue weighted by atomic mass is 10.0. The van der Waals surface area contributed by atoms with Crippen LogP contribution in [0.4, 0.5) is 4.39 Å². The molecule has 1 aliphatic carbocycles. The standard InChI is InChI=1S/C14H21FN2/c1-2-7-17-14(6-5-11-3-4-11)12-8-13(15)10-16-9-12/h8-11,14,17H,2-7H2,1H3. The van der Waals surface area contributed by atoms with Crippen molar-refractivity contribution < 1.29 is 4.39 Å². The van der Waals surface area contributed by atoms with Crippen LogP contribution in [0.2, 0.25) is 0 Å². The predicted molar refractivity (Wildman–Crippen MR) is 67.2 cm³/mol. The van der Waals surface area contributed by atoms with Crippen molar-refractivity contribution in [1.82, 2.24) is 10.3 Å². The topological polar surface area (TPSA) is 24.9 Å². The van der Waals surface area contributed by atoms with Gasteiger partial charge in [-0.05, 0) is 43.4 Å². The Hall–Kier alpha value is -0.960. The number of hydrogen-bond donors (Lipinski definition) is 1. The lowest BCUT2D eigenvalue weighted by molar-refractivity contribution is 0.466. The van der Waals surface area contributed by atoms with Crippen LogP contribution in [0.3, 0.4) is 0 Å². The fourth-order valence-electron chi connectivity index (χ4n) is 2.13. The van der Waals surface area contributed by atoms with Gasteiger partial charge in [-0.1, -0.05) is 19.8 Å². The molecule has 1 fully saturated rings. The van der Waals surface area contributed by atoms with Gasteiger partial charge < -0.3 is 5.32 Å². The van der Waals surface area contributed by atoms with Crippen molar-refractivity contribution in [2.45, 2.75) is 45.1 Å². The fraction of sp³-hybridized carbons (Fsp3) is 0.643. The molecule has 0 saturated heterocycles. The highest BCUT2D eigenvalue weighted by molar-refractivity contribution is 5.15. The Kier molecular flexibility index (Phi) is 4.49. The van der Waals surface area contributed by atoms with E-state index in [2.05, 4.69) is 17.2 Å². The zero-order valence-electron chi connectivity index (χ0n) is 10.5. The van der Waals surface area contributed by atoms with Gasteiger partial charge in [0.2, 0.25) is 0 Å². The molecule has 1 aromatic rings. The molecule has 1 aliphatic rings. The third-order valence-electron chi connectivity index (χ3n) is 3.33. The summed E-state index contributed by atoms with van der Waals surface area (Å²) in [7, 11) is 0. The van der Waals surface area contributed by atoms with E-state index in [1.807, 2.05) is 0 Å². The van der Waals surface area contributed by atoms with E-state index in [9.17, 15) is 4.39 Å². The quantitative estimate of drug-likeness (QED) is 0.784. The van der Waals surface area contributed by atoms with E-state index in [0.29, 0.717) is 0 Å². The van der Waals surface area contributed by atoms with Gasteiger partial charge in [0.1, 0.15) is 5.82 Å². The average molecular weight is 236 g/mol. The van der Waals surface area contributed by atoms with Gasteiger partial charge in [-0.2, -0.15) is 0 Å². The Morgan fingerprint density at radius 2 is 2.29 bits per heavy atom. The molecule has 1 heterocycles. The van der Waals surface area contributed by atoms with Gasteiger partial charge in [0.25, 0.3) is 0 Å². The fourth-order valence-corrected chi connectivity index (χ4v) is 2.13. The summed E-state index contributed by atoms with van der Waals surface area (Å²) in [5.74, 6) is 0.680. The minimum absolute atomic E-state index is 0.239. The van der Waals surface area contributed by atoms with Crippen LogP contribution in [0.15, 0.2) is 18.5 Å². The molecule has 1 N–H and O–H groups in total. The molecule has 0 radical (unpaired) electrons. The summed E-state index contributed by atoms with van der Waals surface area (Å²) < 4.78 is 13.2. The van der Waals surface area contributed by atoms with Crippen LogP contribution in [-0.4, -0.2) is 11.5 Å². The van der Waals surface area contributed by atoms with Crippen molar-refractivity contribution in [3.8, 4) is 0 Å². The van der Waals surface area contributed by atoms with E-state index in [-0.39, 0.29) is 11.9 Å². The molecule has 0 bridgehead atoms. The molecule has 0 amide bonds. The van der Waals surface area contributed by atoms with Gasteiger partial charge in [-0.25, -0.2) is 4.39 Å². The first-order valence-corrected chi connectivity index (χ1v) is 6.63. The lowest BCUT2D eigenvalue weighted by Gasteiger charge is -2.18. The molecule has 0 aromatic carbocycles. The summed E-state index contributed by atoms with van der Waals surface area (Å²) in [5, 5.41) is 3.49. The van der Waals surface area contributed by atoms with Crippen molar-refractivity contribution >= 4 is 0 Å². The normalized spacial score (nSPS) is 17.1. The van der Waals surface area contributed by atoms with Crippen molar-refractivity contribution in [3.63, 3.8) is 0 Å². The summed E-state index contributed by atoms with van der Waals surface area (Å²) >= 11 is 0. The Labute approximate surface area is 103 Å². The largest absolute Gasteiger partial charge is 0.310 e. The first-order chi connectivity index (χ1) is 8.29. The summed E-state index contributed by atoms with van der Waals surface area (Å²) in [4.78, 5) is 3.94. The molecule has 0 aliphatic heterocycles. The second-order valence-electron chi connectivity index (χ2n) is 4.96. The zero-order chi connectivity index (χ0) is 12.1. The molecular formula is C14H21FN2. The zero-order valence-corrected chi connectivity index (χ0v) is 10.5. The van der Waals surface area contributed by atoms with E-state index >= 15 is 0 Å². The minimum Gasteiger partial charge on any atom is -0.310 e. The van der Waals surface area contributed by atoms with E-state index in [1.54, 1.807) is 12.3 Å². The van der Waals surface area contributed by atoms with Crippen LogP contribution < -0.4 is 5.32 Å². The smallest absolute Gasteiger partial charge is 0.141 e. The van der Waals surface area contributed by atoms with Crippen molar-refractivity contribution in [1.29, 1.82) is 0 Å². The van der Waals surface area contributed by atoms with Crippen LogP contribution in [-0.2, 0) is 0 Å². The minimum atomic E-state index is -0.239. The Bertz CT molecular complexity index is 350. The molecule has 94 valence electrons. The molecule has 1 aromatic heterocycles. The Morgan fingerprint density at radius 1 is 1.47 bits per heavy atom. The van der Waals surface area contributed by atoms with Gasteiger partial charge in [0.15, 0.2) is 0 Å². The first kappa shape index (κ1) is 12.5. The highest BCUT2D eigenvalue weighted by Gasteiger charge is 2.23. The SMILES string of the molecule is CCCNC(CCC1CC1)c1cncc(F)c1. The van der Waals surface area contributed by atoms with Crippen LogP contribution in [0, 0.1) is 11.7 Å². The van der Waals surface area contributed by atoms with Crippen molar-refractivity contribution in [2.75, 3.05) is 6.54 Å². The maximum atomic E-state index is 13.2. The third kappa shape index (κ3) is 4.08. The second-order valence-corrected chi connectivity index (χ2v) is 4.96. The average Bonchev–Trinajstić information content (AvgIpc) is 3.13. The van der Waals surface area contributed by atoms with Crippen LogP contribution >= 0.6 is 0 Å². The molecule has 2 nitrogen and oxygen atoms in total. The molecule has 0 spiro atoms. The monoisotopic (exact) mass is 236 g/mol. The van der Waals surface area contributed by atoms with Crippen LogP contribution in [0.25, 0.3) is 0 Å². The number of hydrogen-bond acceptors (Lipinski definition) is 2. The van der Waals surface area contributed by atoms with Gasteiger partial charge in [-0.3, -0.25) is 4.98 Å². The maximum absolute atomic E-state index is 13.2. The second kappa shape index (κ2) is 6.10. The van der Waals surface area contributed by atoms with E-state index < -0.39 is 0 Å². The molecule has 2 rings (SSSR count). The summed E-state index contributed by atoms with van der Waals surface area (Å²) in [6.07, 6.45) is 9.24. The molecule has 3 heteroatoms. The number of pyridine rings is 1. The number of halogens is 1. The molecule has 1 unspecified atom stereocenters. The Balaban J connectivity index is 1.96. The maximum Gasteiger partial charge on any atom is 0.141 e. The van der Waals surface area contributed by atoms with Gasteiger partial charge >= 0.3 is 0 Å². The van der Waals surface area contributed by atoms with Gasteiger partial charge in [0.05, 0.1) is 6.20 Å². The third-order valence-corrected chi connectivity index (χ3v) is 3.33. The Morgan fingerprint density at radius 3 is 2.94 bits per heavy atom. The van der Waals surface area contributed by atoms with Crippen molar-refractivity contribution in [3.05, 3.63) is 29.8 Å². The van der Waals surface area contributed by atoms with Crippen LogP contribution in [0.1, 0.15) is 50.6 Å². The number of aromatic nitrogens is 1. The van der Waals surface area contributed by atoms with Crippen LogP contribution in [0.5, 0.6) is 0 Å². The lowest BCUT2D eigenvalue weighted by Crippen LogP contribution is -2.22. The van der Waals surface area contributed by atoms with Gasteiger partial charge in [-0.15, -0.1) is 0 Å².